The summed E-state index contributed by atoms with van der Waals surface area (Å²) < 4.78 is 1.91. The van der Waals surface area contributed by atoms with Crippen LogP contribution in [0.5, 0.6) is 0 Å². The first-order chi connectivity index (χ1) is 9.09. The number of benzene rings is 1. The van der Waals surface area contributed by atoms with Gasteiger partial charge in [-0.1, -0.05) is 12.1 Å². The van der Waals surface area contributed by atoms with Crippen molar-refractivity contribution in [2.75, 3.05) is 5.73 Å². The Hall–Kier alpha value is -2.43. The monoisotopic (exact) mass is 253 g/mol. The van der Waals surface area contributed by atoms with Crippen molar-refractivity contribution >= 4 is 11.5 Å². The van der Waals surface area contributed by atoms with Crippen molar-refractivity contribution in [3.8, 4) is 0 Å². The molecule has 0 bridgehead atoms. The molecular formula is C14H15N5. The molecule has 0 amide bonds. The van der Waals surface area contributed by atoms with E-state index in [2.05, 4.69) is 29.0 Å². The van der Waals surface area contributed by atoms with E-state index in [1.165, 1.54) is 0 Å². The van der Waals surface area contributed by atoms with E-state index in [1.807, 2.05) is 40.9 Å². The SMILES string of the molecule is CC(C)(c1ccc(N)cc1)c1nnc2ncccn12. The Kier molecular flexibility index (Phi) is 2.48. The van der Waals surface area contributed by atoms with Gasteiger partial charge in [0, 0.05) is 18.1 Å². The molecule has 0 aliphatic heterocycles. The number of aromatic nitrogens is 4. The average Bonchev–Trinajstić information content (AvgIpc) is 2.83. The van der Waals surface area contributed by atoms with Gasteiger partial charge in [-0.25, -0.2) is 4.98 Å². The Morgan fingerprint density at radius 1 is 1.11 bits per heavy atom. The molecule has 0 saturated heterocycles. The van der Waals surface area contributed by atoms with Gasteiger partial charge in [-0.15, -0.1) is 10.2 Å². The lowest BCUT2D eigenvalue weighted by atomic mass is 9.83. The van der Waals surface area contributed by atoms with Crippen molar-refractivity contribution in [3.05, 3.63) is 54.1 Å². The molecule has 2 aromatic heterocycles. The van der Waals surface area contributed by atoms with Crippen molar-refractivity contribution in [2.45, 2.75) is 19.3 Å². The fourth-order valence-electron chi connectivity index (χ4n) is 2.20. The van der Waals surface area contributed by atoms with Crippen molar-refractivity contribution in [2.24, 2.45) is 0 Å². The highest BCUT2D eigenvalue weighted by molar-refractivity contribution is 5.44. The zero-order valence-corrected chi connectivity index (χ0v) is 10.9. The second-order valence-corrected chi connectivity index (χ2v) is 5.06. The zero-order valence-electron chi connectivity index (χ0n) is 10.9. The second kappa shape index (κ2) is 4.05. The Morgan fingerprint density at radius 3 is 2.58 bits per heavy atom. The summed E-state index contributed by atoms with van der Waals surface area (Å²) >= 11 is 0. The van der Waals surface area contributed by atoms with E-state index in [0.29, 0.717) is 5.78 Å². The lowest BCUT2D eigenvalue weighted by Gasteiger charge is -2.23. The third-order valence-corrected chi connectivity index (χ3v) is 3.38. The molecule has 0 saturated carbocycles. The number of hydrogen-bond donors (Lipinski definition) is 1. The Morgan fingerprint density at radius 2 is 1.84 bits per heavy atom. The number of hydrogen-bond acceptors (Lipinski definition) is 4. The van der Waals surface area contributed by atoms with Gasteiger partial charge >= 0.3 is 0 Å². The molecule has 0 unspecified atom stereocenters. The molecule has 3 rings (SSSR count). The van der Waals surface area contributed by atoms with Gasteiger partial charge in [-0.3, -0.25) is 4.40 Å². The molecule has 0 atom stereocenters. The molecule has 0 fully saturated rings. The number of fused-ring (bicyclic) bond motifs is 1. The maximum Gasteiger partial charge on any atom is 0.254 e. The third-order valence-electron chi connectivity index (χ3n) is 3.38. The van der Waals surface area contributed by atoms with Crippen molar-refractivity contribution < 1.29 is 0 Å². The lowest BCUT2D eigenvalue weighted by molar-refractivity contribution is 0.582. The second-order valence-electron chi connectivity index (χ2n) is 5.06. The third kappa shape index (κ3) is 1.83. The standard InChI is InChI=1S/C14H15N5/c1-14(2,10-4-6-11(15)7-5-10)12-17-18-13-16-8-3-9-19(12)13/h3-9H,15H2,1-2H3. The molecule has 96 valence electrons. The van der Waals surface area contributed by atoms with Crippen molar-refractivity contribution in [1.29, 1.82) is 0 Å². The van der Waals surface area contributed by atoms with E-state index in [1.54, 1.807) is 6.20 Å². The molecule has 19 heavy (non-hydrogen) atoms. The van der Waals surface area contributed by atoms with Gasteiger partial charge in [-0.05, 0) is 37.6 Å². The van der Waals surface area contributed by atoms with E-state index >= 15 is 0 Å². The summed E-state index contributed by atoms with van der Waals surface area (Å²) in [5.74, 6) is 1.47. The van der Waals surface area contributed by atoms with Crippen LogP contribution in [0, 0.1) is 0 Å². The van der Waals surface area contributed by atoms with E-state index in [4.69, 9.17) is 5.73 Å². The first-order valence-corrected chi connectivity index (χ1v) is 6.11. The van der Waals surface area contributed by atoms with Crippen LogP contribution in [0.2, 0.25) is 0 Å². The highest BCUT2D eigenvalue weighted by Crippen LogP contribution is 2.30. The summed E-state index contributed by atoms with van der Waals surface area (Å²) in [5.41, 5.74) is 7.36. The van der Waals surface area contributed by atoms with Crippen molar-refractivity contribution in [1.82, 2.24) is 19.6 Å². The van der Waals surface area contributed by atoms with Gasteiger partial charge in [0.2, 0.25) is 0 Å². The normalized spacial score (nSPS) is 11.9. The zero-order chi connectivity index (χ0) is 13.5. The Balaban J connectivity index is 2.16. The maximum absolute atomic E-state index is 5.74. The van der Waals surface area contributed by atoms with Gasteiger partial charge in [0.25, 0.3) is 5.78 Å². The minimum absolute atomic E-state index is 0.268. The predicted octanol–water partition coefficient (Wildman–Crippen LogP) is 2.03. The minimum Gasteiger partial charge on any atom is -0.399 e. The number of nitrogens with zero attached hydrogens (tertiary/aromatic N) is 4. The fourth-order valence-corrected chi connectivity index (χ4v) is 2.20. The maximum atomic E-state index is 5.74. The molecule has 3 aromatic rings. The summed E-state index contributed by atoms with van der Waals surface area (Å²) in [6.07, 6.45) is 3.64. The molecule has 2 heterocycles. The molecule has 0 radical (unpaired) electrons. The summed E-state index contributed by atoms with van der Waals surface area (Å²) in [5, 5.41) is 8.39. The molecule has 0 aliphatic carbocycles. The van der Waals surface area contributed by atoms with Crippen LogP contribution in [-0.4, -0.2) is 19.6 Å². The first kappa shape index (κ1) is 11.6. The van der Waals surface area contributed by atoms with Gasteiger partial charge in [0.1, 0.15) is 5.82 Å². The van der Waals surface area contributed by atoms with Crippen LogP contribution in [0.4, 0.5) is 5.69 Å². The topological polar surface area (TPSA) is 69.1 Å². The number of nitrogen functional groups attached to an aromatic ring is 1. The minimum atomic E-state index is -0.268. The van der Waals surface area contributed by atoms with Gasteiger partial charge in [-0.2, -0.15) is 0 Å². The number of rotatable bonds is 2. The highest BCUT2D eigenvalue weighted by atomic mass is 15.3. The summed E-state index contributed by atoms with van der Waals surface area (Å²) in [6.45, 7) is 4.23. The van der Waals surface area contributed by atoms with Crippen LogP contribution in [-0.2, 0) is 5.41 Å². The fraction of sp³-hybridized carbons (Fsp3) is 0.214. The summed E-state index contributed by atoms with van der Waals surface area (Å²) in [7, 11) is 0. The van der Waals surface area contributed by atoms with Gasteiger partial charge < -0.3 is 5.73 Å². The number of anilines is 1. The van der Waals surface area contributed by atoms with Crippen molar-refractivity contribution in [3.63, 3.8) is 0 Å². The first-order valence-electron chi connectivity index (χ1n) is 6.11. The molecule has 2 N–H and O–H groups in total. The van der Waals surface area contributed by atoms with Crippen LogP contribution in [0.3, 0.4) is 0 Å². The summed E-state index contributed by atoms with van der Waals surface area (Å²) in [6, 6.07) is 9.72. The quantitative estimate of drug-likeness (QED) is 0.709. The van der Waals surface area contributed by atoms with Crippen LogP contribution < -0.4 is 5.73 Å². The van der Waals surface area contributed by atoms with Gasteiger partial charge in [0.05, 0.1) is 5.41 Å². The molecule has 0 aliphatic rings. The Labute approximate surface area is 111 Å². The number of nitrogens with two attached hydrogens (primary N) is 1. The van der Waals surface area contributed by atoms with E-state index < -0.39 is 0 Å². The Bertz CT molecular complexity index is 712. The average molecular weight is 253 g/mol. The molecule has 0 spiro atoms. The molecular weight excluding hydrogens is 238 g/mol. The molecule has 5 heteroatoms. The van der Waals surface area contributed by atoms with Gasteiger partial charge in [0.15, 0.2) is 0 Å². The van der Waals surface area contributed by atoms with E-state index in [-0.39, 0.29) is 5.41 Å². The van der Waals surface area contributed by atoms with E-state index in [0.717, 1.165) is 17.1 Å². The molecule has 5 nitrogen and oxygen atoms in total. The van der Waals surface area contributed by atoms with Crippen LogP contribution in [0.15, 0.2) is 42.7 Å². The predicted molar refractivity (Wildman–Crippen MR) is 73.8 cm³/mol. The van der Waals surface area contributed by atoms with Crippen LogP contribution >= 0.6 is 0 Å². The largest absolute Gasteiger partial charge is 0.399 e. The summed E-state index contributed by atoms with van der Waals surface area (Å²) in [4.78, 5) is 4.19. The van der Waals surface area contributed by atoms with E-state index in [9.17, 15) is 0 Å². The van der Waals surface area contributed by atoms with Crippen LogP contribution in [0.25, 0.3) is 5.78 Å². The van der Waals surface area contributed by atoms with Crippen LogP contribution in [0.1, 0.15) is 25.2 Å². The highest BCUT2D eigenvalue weighted by Gasteiger charge is 2.28. The smallest absolute Gasteiger partial charge is 0.254 e. The lowest BCUT2D eigenvalue weighted by Crippen LogP contribution is -2.22. The molecule has 1 aromatic carbocycles.